The van der Waals surface area contributed by atoms with Gasteiger partial charge in [0.2, 0.25) is 0 Å². The lowest BCUT2D eigenvalue weighted by Gasteiger charge is -2.27. The topological polar surface area (TPSA) is 110 Å². The Morgan fingerprint density at radius 3 is 2.27 bits per heavy atom. The Balaban J connectivity index is 1.81. The van der Waals surface area contributed by atoms with E-state index in [9.17, 15) is 8.42 Å². The fourth-order valence-electron chi connectivity index (χ4n) is 2.93. The van der Waals surface area contributed by atoms with Crippen molar-refractivity contribution in [3.05, 3.63) is 0 Å². The number of rotatable bonds is 3. The van der Waals surface area contributed by atoms with Gasteiger partial charge in [-0.25, -0.2) is 4.18 Å². The SMILES string of the molecule is CC1(C)O[C@H]2O[C@H]([C@H]3COC(C)(C)O3)[C@H](OS(=O)(=O)O)[C@H]2O1. The van der Waals surface area contributed by atoms with Crippen LogP contribution in [0.15, 0.2) is 0 Å². The summed E-state index contributed by atoms with van der Waals surface area (Å²) in [5.41, 5.74) is 0. The molecule has 0 radical (unpaired) electrons. The lowest BCUT2D eigenvalue weighted by molar-refractivity contribution is -0.230. The molecular weight excluding hydrogens is 320 g/mol. The zero-order chi connectivity index (χ0) is 16.3. The normalized spacial score (nSPS) is 43.4. The summed E-state index contributed by atoms with van der Waals surface area (Å²) < 4.78 is 64.1. The van der Waals surface area contributed by atoms with Gasteiger partial charge in [-0.2, -0.15) is 8.42 Å². The van der Waals surface area contributed by atoms with Crippen LogP contribution in [0.1, 0.15) is 27.7 Å². The van der Waals surface area contributed by atoms with Gasteiger partial charge in [0.15, 0.2) is 17.9 Å². The second kappa shape index (κ2) is 5.08. The Labute approximate surface area is 128 Å². The highest BCUT2D eigenvalue weighted by Gasteiger charge is 2.60. The molecule has 0 aromatic rings. The maximum absolute atomic E-state index is 11.1. The first kappa shape index (κ1) is 16.5. The quantitative estimate of drug-likeness (QED) is 0.720. The van der Waals surface area contributed by atoms with E-state index in [1.54, 1.807) is 27.7 Å². The van der Waals surface area contributed by atoms with Gasteiger partial charge in [-0.1, -0.05) is 0 Å². The molecule has 0 amide bonds. The van der Waals surface area contributed by atoms with E-state index in [-0.39, 0.29) is 6.61 Å². The molecule has 3 aliphatic heterocycles. The van der Waals surface area contributed by atoms with E-state index in [1.807, 2.05) is 0 Å². The van der Waals surface area contributed by atoms with E-state index in [0.29, 0.717) is 0 Å². The summed E-state index contributed by atoms with van der Waals surface area (Å²) in [5, 5.41) is 0. The Kier molecular flexibility index (Phi) is 3.82. The molecule has 1 N–H and O–H groups in total. The highest BCUT2D eigenvalue weighted by molar-refractivity contribution is 7.80. The predicted molar refractivity (Wildman–Crippen MR) is 70.0 cm³/mol. The first-order valence-corrected chi connectivity index (χ1v) is 8.31. The molecule has 0 aromatic carbocycles. The molecule has 3 saturated heterocycles. The van der Waals surface area contributed by atoms with Crippen molar-refractivity contribution in [3.63, 3.8) is 0 Å². The first-order chi connectivity index (χ1) is 9.96. The fraction of sp³-hybridized carbons (Fsp3) is 1.00. The van der Waals surface area contributed by atoms with Crippen LogP contribution in [0.4, 0.5) is 0 Å². The van der Waals surface area contributed by atoms with Gasteiger partial charge in [0.05, 0.1) is 6.61 Å². The Hall–Kier alpha value is -0.330. The predicted octanol–water partition coefficient (Wildman–Crippen LogP) is 0.202. The molecule has 10 heteroatoms. The average molecular weight is 340 g/mol. The van der Waals surface area contributed by atoms with E-state index in [0.717, 1.165) is 0 Å². The molecule has 5 atom stereocenters. The van der Waals surface area contributed by atoms with Gasteiger partial charge in [-0.05, 0) is 27.7 Å². The zero-order valence-electron chi connectivity index (χ0n) is 12.7. The fourth-order valence-corrected chi connectivity index (χ4v) is 3.43. The van der Waals surface area contributed by atoms with Gasteiger partial charge < -0.3 is 23.7 Å². The van der Waals surface area contributed by atoms with Crippen LogP contribution in [0.25, 0.3) is 0 Å². The number of hydrogen-bond donors (Lipinski definition) is 1. The molecule has 0 saturated carbocycles. The minimum atomic E-state index is -4.69. The number of fused-ring (bicyclic) bond motifs is 1. The van der Waals surface area contributed by atoms with Gasteiger partial charge in [0.25, 0.3) is 0 Å². The Morgan fingerprint density at radius 2 is 1.73 bits per heavy atom. The Morgan fingerprint density at radius 1 is 1.05 bits per heavy atom. The van der Waals surface area contributed by atoms with Crippen molar-refractivity contribution in [1.29, 1.82) is 0 Å². The monoisotopic (exact) mass is 340 g/mol. The van der Waals surface area contributed by atoms with Crippen LogP contribution in [0.5, 0.6) is 0 Å². The summed E-state index contributed by atoms with van der Waals surface area (Å²) in [6.45, 7) is 7.01. The highest BCUT2D eigenvalue weighted by Crippen LogP contribution is 2.42. The average Bonchev–Trinajstić information content (AvgIpc) is 2.89. The molecule has 3 rings (SSSR count). The van der Waals surface area contributed by atoms with Crippen LogP contribution in [0.3, 0.4) is 0 Å². The van der Waals surface area contributed by atoms with Crippen LogP contribution < -0.4 is 0 Å². The molecule has 0 spiro atoms. The van der Waals surface area contributed by atoms with E-state index in [2.05, 4.69) is 0 Å². The molecule has 128 valence electrons. The molecule has 0 aliphatic carbocycles. The molecule has 9 nitrogen and oxygen atoms in total. The number of ether oxygens (including phenoxy) is 5. The minimum absolute atomic E-state index is 0.200. The molecule has 22 heavy (non-hydrogen) atoms. The van der Waals surface area contributed by atoms with Gasteiger partial charge in [-0.15, -0.1) is 0 Å². The third kappa shape index (κ3) is 3.29. The third-order valence-electron chi connectivity index (χ3n) is 3.66. The third-order valence-corrected chi connectivity index (χ3v) is 4.12. The zero-order valence-corrected chi connectivity index (χ0v) is 13.5. The van der Waals surface area contributed by atoms with Crippen LogP contribution in [0.2, 0.25) is 0 Å². The second-order valence-electron chi connectivity index (χ2n) is 6.42. The molecule has 0 aromatic heterocycles. The van der Waals surface area contributed by atoms with Crippen molar-refractivity contribution >= 4 is 10.4 Å². The summed E-state index contributed by atoms with van der Waals surface area (Å²) >= 11 is 0. The standard InChI is InChI=1S/C12H20O9S/c1-11(2)16-5-6(18-11)7-8(21-22(13,14)15)9-10(17-7)20-12(3,4)19-9/h6-10H,5H2,1-4H3,(H,13,14,15)/t6-,7-,8+,9-,10-/m1/s1. The maximum Gasteiger partial charge on any atom is 0.397 e. The van der Waals surface area contributed by atoms with Gasteiger partial charge in [0, 0.05) is 0 Å². The molecule has 3 aliphatic rings. The largest absolute Gasteiger partial charge is 0.397 e. The van der Waals surface area contributed by atoms with Crippen LogP contribution >= 0.6 is 0 Å². The summed E-state index contributed by atoms with van der Waals surface area (Å²) in [7, 11) is -4.69. The van der Waals surface area contributed by atoms with Gasteiger partial charge in [-0.3, -0.25) is 4.55 Å². The van der Waals surface area contributed by atoms with E-state index in [4.69, 9.17) is 32.4 Å². The molecule has 3 heterocycles. The first-order valence-electron chi connectivity index (χ1n) is 6.94. The maximum atomic E-state index is 11.1. The van der Waals surface area contributed by atoms with E-state index in [1.165, 1.54) is 0 Å². The van der Waals surface area contributed by atoms with Crippen molar-refractivity contribution in [2.24, 2.45) is 0 Å². The molecule has 3 fully saturated rings. The van der Waals surface area contributed by atoms with Crippen LogP contribution in [0, 0.1) is 0 Å². The Bertz CT molecular complexity index is 543. The summed E-state index contributed by atoms with van der Waals surface area (Å²) in [6, 6.07) is 0. The van der Waals surface area contributed by atoms with E-state index < -0.39 is 52.7 Å². The highest BCUT2D eigenvalue weighted by atomic mass is 32.3. The molecular formula is C12H20O9S. The molecule has 0 bridgehead atoms. The van der Waals surface area contributed by atoms with E-state index >= 15 is 0 Å². The van der Waals surface area contributed by atoms with Crippen molar-refractivity contribution in [2.45, 2.75) is 70.0 Å². The lowest BCUT2D eigenvalue weighted by Crippen LogP contribution is -2.45. The van der Waals surface area contributed by atoms with Crippen molar-refractivity contribution in [1.82, 2.24) is 0 Å². The second-order valence-corrected chi connectivity index (χ2v) is 7.47. The summed E-state index contributed by atoms with van der Waals surface area (Å²) in [6.07, 6.45) is -4.07. The minimum Gasteiger partial charge on any atom is -0.348 e. The van der Waals surface area contributed by atoms with Crippen molar-refractivity contribution < 1.29 is 40.8 Å². The smallest absolute Gasteiger partial charge is 0.348 e. The van der Waals surface area contributed by atoms with Crippen LogP contribution in [-0.2, 0) is 38.3 Å². The number of hydrogen-bond acceptors (Lipinski definition) is 8. The lowest BCUT2D eigenvalue weighted by atomic mass is 10.1. The molecule has 0 unspecified atom stereocenters. The van der Waals surface area contributed by atoms with Gasteiger partial charge in [0.1, 0.15) is 24.4 Å². The van der Waals surface area contributed by atoms with Crippen LogP contribution in [-0.4, -0.2) is 61.9 Å². The summed E-state index contributed by atoms with van der Waals surface area (Å²) in [5.74, 6) is -1.75. The van der Waals surface area contributed by atoms with Crippen molar-refractivity contribution in [2.75, 3.05) is 6.61 Å². The van der Waals surface area contributed by atoms with Gasteiger partial charge >= 0.3 is 10.4 Å². The summed E-state index contributed by atoms with van der Waals surface area (Å²) in [4.78, 5) is 0. The van der Waals surface area contributed by atoms with Crippen molar-refractivity contribution in [3.8, 4) is 0 Å².